The van der Waals surface area contributed by atoms with E-state index in [0.717, 1.165) is 11.3 Å². The molecule has 0 spiro atoms. The van der Waals surface area contributed by atoms with Gasteiger partial charge in [0.1, 0.15) is 5.75 Å². The van der Waals surface area contributed by atoms with E-state index in [1.807, 2.05) is 58.9 Å². The van der Waals surface area contributed by atoms with Gasteiger partial charge in [-0.15, -0.1) is 12.4 Å². The molecule has 1 aromatic rings. The molecular weight excluding hydrogens is 342 g/mol. The molecule has 7 heteroatoms. The maximum Gasteiger partial charge on any atom is 0.239 e. The second kappa shape index (κ2) is 10.9. The van der Waals surface area contributed by atoms with E-state index >= 15 is 0 Å². The second-order valence-electron chi connectivity index (χ2n) is 6.52. The Balaban J connectivity index is 0.00000576. The van der Waals surface area contributed by atoms with Crippen molar-refractivity contribution >= 4 is 24.2 Å². The number of ether oxygens (including phenoxy) is 1. The summed E-state index contributed by atoms with van der Waals surface area (Å²) < 4.78 is 5.65. The zero-order valence-corrected chi connectivity index (χ0v) is 16.4. The van der Waals surface area contributed by atoms with Crippen LogP contribution < -0.4 is 21.1 Å². The van der Waals surface area contributed by atoms with Crippen molar-refractivity contribution in [3.8, 4) is 5.75 Å². The predicted octanol–water partition coefficient (Wildman–Crippen LogP) is 2.17. The average molecular weight is 372 g/mol. The molecular formula is C18H30ClN3O3. The molecule has 2 amide bonds. The third-order valence-electron chi connectivity index (χ3n) is 3.55. The summed E-state index contributed by atoms with van der Waals surface area (Å²) in [5.41, 5.74) is 6.67. The van der Waals surface area contributed by atoms with Crippen molar-refractivity contribution in [1.29, 1.82) is 0 Å². The van der Waals surface area contributed by atoms with E-state index in [1.165, 1.54) is 0 Å². The van der Waals surface area contributed by atoms with Crippen LogP contribution in [-0.2, 0) is 9.59 Å². The van der Waals surface area contributed by atoms with Gasteiger partial charge in [-0.3, -0.25) is 9.59 Å². The number of nitrogens with two attached hydrogens (primary N) is 1. The lowest BCUT2D eigenvalue weighted by Gasteiger charge is -2.18. The zero-order valence-electron chi connectivity index (χ0n) is 15.5. The fraction of sp³-hybridized carbons (Fsp3) is 0.556. The molecule has 0 bridgehead atoms. The summed E-state index contributed by atoms with van der Waals surface area (Å²) >= 11 is 0. The molecule has 0 aromatic heterocycles. The first-order valence-corrected chi connectivity index (χ1v) is 8.30. The molecule has 6 nitrogen and oxygen atoms in total. The maximum absolute atomic E-state index is 12.0. The van der Waals surface area contributed by atoms with Crippen molar-refractivity contribution < 1.29 is 14.3 Å². The van der Waals surface area contributed by atoms with Crippen molar-refractivity contribution in [3.63, 3.8) is 0 Å². The van der Waals surface area contributed by atoms with E-state index in [2.05, 4.69) is 10.6 Å². The molecule has 1 aromatic carbocycles. The number of carbonyl (C=O) groups is 2. The number of rotatable bonds is 8. The van der Waals surface area contributed by atoms with Gasteiger partial charge in [-0.2, -0.15) is 0 Å². The van der Waals surface area contributed by atoms with Crippen LogP contribution in [0.25, 0.3) is 0 Å². The molecule has 0 aliphatic heterocycles. The van der Waals surface area contributed by atoms with Crippen LogP contribution in [0.2, 0.25) is 0 Å². The van der Waals surface area contributed by atoms with Crippen LogP contribution in [0, 0.1) is 5.92 Å². The maximum atomic E-state index is 12.0. The summed E-state index contributed by atoms with van der Waals surface area (Å²) in [7, 11) is 0. The number of benzene rings is 1. The van der Waals surface area contributed by atoms with Crippen LogP contribution in [0.1, 0.15) is 46.2 Å². The van der Waals surface area contributed by atoms with E-state index in [-0.39, 0.29) is 48.8 Å². The SMILES string of the molecule is CC(C)Oc1cccc(C(C)NC(=O)CNC(=O)[C@@H](N)C(C)C)c1.Cl. The fourth-order valence-corrected chi connectivity index (χ4v) is 2.09. The average Bonchev–Trinajstić information content (AvgIpc) is 2.51. The number of hydrogen-bond donors (Lipinski definition) is 3. The molecule has 1 unspecified atom stereocenters. The van der Waals surface area contributed by atoms with Gasteiger partial charge in [0.25, 0.3) is 0 Å². The number of carbonyl (C=O) groups excluding carboxylic acids is 2. The molecule has 4 N–H and O–H groups in total. The molecule has 142 valence electrons. The summed E-state index contributed by atoms with van der Waals surface area (Å²) in [5, 5.41) is 5.41. The minimum Gasteiger partial charge on any atom is -0.491 e. The van der Waals surface area contributed by atoms with Gasteiger partial charge < -0.3 is 21.1 Å². The number of nitrogens with one attached hydrogen (secondary N) is 2. The van der Waals surface area contributed by atoms with E-state index < -0.39 is 6.04 Å². The highest BCUT2D eigenvalue weighted by atomic mass is 35.5. The van der Waals surface area contributed by atoms with Gasteiger partial charge in [0, 0.05) is 0 Å². The van der Waals surface area contributed by atoms with E-state index in [1.54, 1.807) is 0 Å². The van der Waals surface area contributed by atoms with Crippen LogP contribution in [0.5, 0.6) is 5.75 Å². The highest BCUT2D eigenvalue weighted by Gasteiger charge is 2.18. The quantitative estimate of drug-likeness (QED) is 0.652. The largest absolute Gasteiger partial charge is 0.491 e. The van der Waals surface area contributed by atoms with Crippen molar-refractivity contribution in [2.75, 3.05) is 6.54 Å². The minimum absolute atomic E-state index is 0. The summed E-state index contributed by atoms with van der Waals surface area (Å²) in [6.07, 6.45) is 0.0884. The van der Waals surface area contributed by atoms with Crippen LogP contribution in [-0.4, -0.2) is 30.5 Å². The Morgan fingerprint density at radius 1 is 1.16 bits per heavy atom. The smallest absolute Gasteiger partial charge is 0.239 e. The lowest BCUT2D eigenvalue weighted by atomic mass is 10.1. The third kappa shape index (κ3) is 8.23. The molecule has 0 radical (unpaired) electrons. The Labute approximate surface area is 156 Å². The minimum atomic E-state index is -0.611. The topological polar surface area (TPSA) is 93.5 Å². The Morgan fingerprint density at radius 2 is 1.80 bits per heavy atom. The lowest BCUT2D eigenvalue weighted by molar-refractivity contribution is -0.127. The second-order valence-corrected chi connectivity index (χ2v) is 6.52. The van der Waals surface area contributed by atoms with Gasteiger partial charge in [-0.25, -0.2) is 0 Å². The normalized spacial score (nSPS) is 13.0. The van der Waals surface area contributed by atoms with E-state index in [9.17, 15) is 9.59 Å². The first kappa shape index (κ1) is 23.2. The van der Waals surface area contributed by atoms with E-state index in [4.69, 9.17) is 10.5 Å². The molecule has 25 heavy (non-hydrogen) atoms. The van der Waals surface area contributed by atoms with Crippen LogP contribution in [0.3, 0.4) is 0 Å². The number of amides is 2. The Bertz CT molecular complexity index is 564. The van der Waals surface area contributed by atoms with E-state index in [0.29, 0.717) is 0 Å². The van der Waals surface area contributed by atoms with Crippen LogP contribution >= 0.6 is 12.4 Å². The standard InChI is InChI=1S/C18H29N3O3.ClH/c1-11(2)17(19)18(23)20-10-16(22)21-13(5)14-7-6-8-15(9-14)24-12(3)4;/h6-9,11-13,17H,10,19H2,1-5H3,(H,20,23)(H,21,22);1H/t13?,17-;/m0./s1. The number of halogens is 1. The van der Waals surface area contributed by atoms with Crippen molar-refractivity contribution in [3.05, 3.63) is 29.8 Å². The third-order valence-corrected chi connectivity index (χ3v) is 3.55. The first-order chi connectivity index (χ1) is 11.2. The molecule has 0 aliphatic rings. The molecule has 1 rings (SSSR count). The van der Waals surface area contributed by atoms with Gasteiger partial charge in [0.2, 0.25) is 11.8 Å². The van der Waals surface area contributed by atoms with Gasteiger partial charge in [-0.05, 0) is 44.4 Å². The molecule has 0 saturated carbocycles. The van der Waals surface area contributed by atoms with Crippen LogP contribution in [0.4, 0.5) is 0 Å². The fourth-order valence-electron chi connectivity index (χ4n) is 2.09. The first-order valence-electron chi connectivity index (χ1n) is 8.30. The summed E-state index contributed by atoms with van der Waals surface area (Å²) in [4.78, 5) is 23.7. The predicted molar refractivity (Wildman–Crippen MR) is 102 cm³/mol. The molecule has 0 heterocycles. The Morgan fingerprint density at radius 3 is 2.36 bits per heavy atom. The molecule has 2 atom stereocenters. The summed E-state index contributed by atoms with van der Waals surface area (Å²) in [5.74, 6) is 0.206. The summed E-state index contributed by atoms with van der Waals surface area (Å²) in [6, 6.07) is 6.79. The van der Waals surface area contributed by atoms with Gasteiger partial charge in [-0.1, -0.05) is 26.0 Å². The zero-order chi connectivity index (χ0) is 18.3. The Hall–Kier alpha value is -1.79. The van der Waals surface area contributed by atoms with Crippen LogP contribution in [0.15, 0.2) is 24.3 Å². The molecule has 0 fully saturated rings. The van der Waals surface area contributed by atoms with Gasteiger partial charge in [0.15, 0.2) is 0 Å². The highest BCUT2D eigenvalue weighted by molar-refractivity contribution is 5.87. The molecule has 0 saturated heterocycles. The van der Waals surface area contributed by atoms with Crippen molar-refractivity contribution in [1.82, 2.24) is 10.6 Å². The monoisotopic (exact) mass is 371 g/mol. The molecule has 0 aliphatic carbocycles. The highest BCUT2D eigenvalue weighted by Crippen LogP contribution is 2.19. The Kier molecular flexibility index (Phi) is 10.2. The number of hydrogen-bond acceptors (Lipinski definition) is 4. The van der Waals surface area contributed by atoms with Gasteiger partial charge >= 0.3 is 0 Å². The summed E-state index contributed by atoms with van der Waals surface area (Å²) in [6.45, 7) is 9.43. The lowest BCUT2D eigenvalue weighted by Crippen LogP contribution is -2.47. The van der Waals surface area contributed by atoms with Crippen molar-refractivity contribution in [2.24, 2.45) is 11.7 Å². The van der Waals surface area contributed by atoms with Gasteiger partial charge in [0.05, 0.1) is 24.7 Å². The van der Waals surface area contributed by atoms with Crippen molar-refractivity contribution in [2.45, 2.75) is 52.8 Å².